The summed E-state index contributed by atoms with van der Waals surface area (Å²) in [5.74, 6) is 0. The van der Waals surface area contributed by atoms with Crippen molar-refractivity contribution in [2.75, 3.05) is 5.73 Å². The number of nitrogens with two attached hydrogens (primary N) is 1. The Hall–Kier alpha value is -1.24. The molecule has 0 saturated carbocycles. The number of rotatable bonds is 0. The van der Waals surface area contributed by atoms with Crippen LogP contribution in [-0.4, -0.2) is 0 Å². The Balaban J connectivity index is 2.37. The molecular weight excluding hydrogens is 170 g/mol. The van der Waals surface area contributed by atoms with Crippen LogP contribution in [0.2, 0.25) is 0 Å². The molecule has 0 radical (unpaired) electrons. The molecule has 14 heavy (non-hydrogen) atoms. The molecule has 0 fully saturated rings. The molecule has 2 N–H and O–H groups in total. The third kappa shape index (κ3) is 1.54. The molecule has 1 aliphatic rings. The molecule has 0 unspecified atom stereocenters. The molecule has 1 nitrogen and oxygen atoms in total. The van der Waals surface area contributed by atoms with Gasteiger partial charge in [-0.05, 0) is 35.1 Å². The van der Waals surface area contributed by atoms with Crippen LogP contribution in [0.3, 0.4) is 0 Å². The molecular formula is C13H17N. The minimum absolute atomic E-state index is 0.272. The van der Waals surface area contributed by atoms with Crippen molar-refractivity contribution in [1.82, 2.24) is 0 Å². The summed E-state index contributed by atoms with van der Waals surface area (Å²) in [6, 6.07) is 6.18. The molecule has 74 valence electrons. The lowest BCUT2D eigenvalue weighted by atomic mass is 9.85. The van der Waals surface area contributed by atoms with E-state index in [2.05, 4.69) is 39.0 Å². The van der Waals surface area contributed by atoms with Gasteiger partial charge in [-0.25, -0.2) is 0 Å². The topological polar surface area (TPSA) is 26.0 Å². The Morgan fingerprint density at radius 3 is 2.57 bits per heavy atom. The third-order valence-electron chi connectivity index (χ3n) is 2.84. The fourth-order valence-corrected chi connectivity index (χ4v) is 1.85. The van der Waals surface area contributed by atoms with Crippen LogP contribution < -0.4 is 5.73 Å². The maximum absolute atomic E-state index is 5.76. The first-order valence-electron chi connectivity index (χ1n) is 5.06. The smallest absolute Gasteiger partial charge is 0.0317 e. The number of allylic oxidation sites excluding steroid dienone is 1. The van der Waals surface area contributed by atoms with Crippen molar-refractivity contribution in [3.05, 3.63) is 34.9 Å². The van der Waals surface area contributed by atoms with Gasteiger partial charge in [-0.15, -0.1) is 0 Å². The Morgan fingerprint density at radius 2 is 1.93 bits per heavy atom. The van der Waals surface area contributed by atoms with Gasteiger partial charge in [0.05, 0.1) is 0 Å². The SMILES string of the molecule is CC(C)(C)C1=Cc2ccc(N)cc2C1. The minimum atomic E-state index is 0.272. The van der Waals surface area contributed by atoms with E-state index in [9.17, 15) is 0 Å². The quantitative estimate of drug-likeness (QED) is 0.620. The van der Waals surface area contributed by atoms with Crippen LogP contribution in [0.25, 0.3) is 6.08 Å². The maximum Gasteiger partial charge on any atom is 0.0317 e. The second-order valence-corrected chi connectivity index (χ2v) is 5.05. The number of anilines is 1. The van der Waals surface area contributed by atoms with E-state index in [4.69, 9.17) is 5.73 Å². The lowest BCUT2D eigenvalue weighted by Gasteiger charge is -2.20. The predicted molar refractivity (Wildman–Crippen MR) is 62.0 cm³/mol. The number of benzene rings is 1. The normalized spacial score (nSPS) is 15.2. The Kier molecular flexibility index (Phi) is 1.91. The Morgan fingerprint density at radius 1 is 1.21 bits per heavy atom. The van der Waals surface area contributed by atoms with Gasteiger partial charge in [-0.3, -0.25) is 0 Å². The molecule has 1 aliphatic carbocycles. The second kappa shape index (κ2) is 2.88. The van der Waals surface area contributed by atoms with Crippen molar-refractivity contribution in [1.29, 1.82) is 0 Å². The first-order valence-corrected chi connectivity index (χ1v) is 5.06. The van der Waals surface area contributed by atoms with Crippen molar-refractivity contribution >= 4 is 11.8 Å². The van der Waals surface area contributed by atoms with Crippen LogP contribution in [0.1, 0.15) is 31.9 Å². The van der Waals surface area contributed by atoms with Gasteiger partial charge in [-0.2, -0.15) is 0 Å². The summed E-state index contributed by atoms with van der Waals surface area (Å²) in [5, 5.41) is 0. The highest BCUT2D eigenvalue weighted by Gasteiger charge is 2.22. The van der Waals surface area contributed by atoms with Crippen LogP contribution in [0.5, 0.6) is 0 Å². The summed E-state index contributed by atoms with van der Waals surface area (Å²) < 4.78 is 0. The fraction of sp³-hybridized carbons (Fsp3) is 0.385. The molecule has 1 aromatic carbocycles. The van der Waals surface area contributed by atoms with E-state index >= 15 is 0 Å². The highest BCUT2D eigenvalue weighted by atomic mass is 14.5. The van der Waals surface area contributed by atoms with Crippen LogP contribution in [0.4, 0.5) is 5.69 Å². The fourth-order valence-electron chi connectivity index (χ4n) is 1.85. The van der Waals surface area contributed by atoms with Gasteiger partial charge in [0.25, 0.3) is 0 Å². The van der Waals surface area contributed by atoms with E-state index in [0.29, 0.717) is 0 Å². The van der Waals surface area contributed by atoms with Crippen molar-refractivity contribution in [3.8, 4) is 0 Å². The average Bonchev–Trinajstić information content (AvgIpc) is 2.45. The number of hydrogen-bond donors (Lipinski definition) is 1. The van der Waals surface area contributed by atoms with E-state index in [-0.39, 0.29) is 5.41 Å². The Labute approximate surface area is 85.6 Å². The van der Waals surface area contributed by atoms with Gasteiger partial charge < -0.3 is 5.73 Å². The van der Waals surface area contributed by atoms with Crippen LogP contribution in [0, 0.1) is 5.41 Å². The number of hydrogen-bond acceptors (Lipinski definition) is 1. The molecule has 0 aromatic heterocycles. The monoisotopic (exact) mass is 187 g/mol. The summed E-state index contributed by atoms with van der Waals surface area (Å²) in [4.78, 5) is 0. The van der Waals surface area contributed by atoms with Gasteiger partial charge in [-0.1, -0.05) is 38.5 Å². The first kappa shape index (κ1) is 9.32. The summed E-state index contributed by atoms with van der Waals surface area (Å²) >= 11 is 0. The van der Waals surface area contributed by atoms with Gasteiger partial charge >= 0.3 is 0 Å². The number of nitrogen functional groups attached to an aromatic ring is 1. The van der Waals surface area contributed by atoms with Crippen LogP contribution >= 0.6 is 0 Å². The molecule has 0 bridgehead atoms. The van der Waals surface area contributed by atoms with Crippen LogP contribution in [-0.2, 0) is 6.42 Å². The van der Waals surface area contributed by atoms with Crippen LogP contribution in [0.15, 0.2) is 23.8 Å². The van der Waals surface area contributed by atoms with Gasteiger partial charge in [0, 0.05) is 5.69 Å². The summed E-state index contributed by atoms with van der Waals surface area (Å²) in [7, 11) is 0. The van der Waals surface area contributed by atoms with Crippen molar-refractivity contribution in [3.63, 3.8) is 0 Å². The van der Waals surface area contributed by atoms with E-state index in [1.165, 1.54) is 16.7 Å². The minimum Gasteiger partial charge on any atom is -0.399 e. The van der Waals surface area contributed by atoms with Crippen molar-refractivity contribution in [2.24, 2.45) is 5.41 Å². The van der Waals surface area contributed by atoms with Gasteiger partial charge in [0.2, 0.25) is 0 Å². The first-order chi connectivity index (χ1) is 6.47. The lowest BCUT2D eigenvalue weighted by molar-refractivity contribution is 0.498. The summed E-state index contributed by atoms with van der Waals surface area (Å²) in [6.07, 6.45) is 3.36. The molecule has 0 spiro atoms. The number of fused-ring (bicyclic) bond motifs is 1. The third-order valence-corrected chi connectivity index (χ3v) is 2.84. The van der Waals surface area contributed by atoms with Gasteiger partial charge in [0.15, 0.2) is 0 Å². The van der Waals surface area contributed by atoms with Crippen molar-refractivity contribution in [2.45, 2.75) is 27.2 Å². The summed E-state index contributed by atoms with van der Waals surface area (Å²) in [5.41, 5.74) is 11.1. The average molecular weight is 187 g/mol. The highest BCUT2D eigenvalue weighted by molar-refractivity contribution is 5.67. The van der Waals surface area contributed by atoms with E-state index in [1.807, 2.05) is 6.07 Å². The molecule has 0 aliphatic heterocycles. The largest absolute Gasteiger partial charge is 0.399 e. The second-order valence-electron chi connectivity index (χ2n) is 5.05. The van der Waals surface area contributed by atoms with E-state index in [1.54, 1.807) is 0 Å². The standard InChI is InChI=1S/C13H17N/c1-13(2,3)11-6-9-4-5-12(14)8-10(9)7-11/h4-6,8H,7,14H2,1-3H3. The molecule has 1 aromatic rings. The van der Waals surface area contributed by atoms with Crippen molar-refractivity contribution < 1.29 is 0 Å². The molecule has 0 heterocycles. The predicted octanol–water partition coefficient (Wildman–Crippen LogP) is 3.25. The molecule has 0 saturated heterocycles. The molecule has 0 atom stereocenters. The van der Waals surface area contributed by atoms with Gasteiger partial charge in [0.1, 0.15) is 0 Å². The lowest BCUT2D eigenvalue weighted by Crippen LogP contribution is -2.08. The molecule has 0 amide bonds. The zero-order valence-electron chi connectivity index (χ0n) is 9.09. The Bertz CT molecular complexity index is 394. The molecule has 2 rings (SSSR count). The molecule has 1 heteroatoms. The zero-order chi connectivity index (χ0) is 10.3. The zero-order valence-corrected chi connectivity index (χ0v) is 9.09. The maximum atomic E-state index is 5.76. The summed E-state index contributed by atoms with van der Waals surface area (Å²) in [6.45, 7) is 6.77. The highest BCUT2D eigenvalue weighted by Crippen LogP contribution is 2.36. The van der Waals surface area contributed by atoms with E-state index in [0.717, 1.165) is 12.1 Å². The van der Waals surface area contributed by atoms with E-state index < -0.39 is 0 Å².